The Morgan fingerprint density at radius 1 is 0.571 bits per heavy atom. The molecule has 28 heavy (non-hydrogen) atoms. The van der Waals surface area contributed by atoms with E-state index in [1.807, 2.05) is 0 Å². The maximum Gasteiger partial charge on any atom is 0.350 e. The minimum absolute atomic E-state index is 0.0389. The smallest absolute Gasteiger partial charge is 0.350 e. The quantitative estimate of drug-likeness (QED) is 0.525. The Labute approximate surface area is 156 Å². The summed E-state index contributed by atoms with van der Waals surface area (Å²) in [6.07, 6.45) is 0. The number of ether oxygens (including phenoxy) is 2. The molecular formula is C20H16O8. The van der Waals surface area contributed by atoms with E-state index in [-0.39, 0.29) is 46.3 Å². The summed E-state index contributed by atoms with van der Waals surface area (Å²) in [4.78, 5) is 49.3. The lowest BCUT2D eigenvalue weighted by Gasteiger charge is -2.17. The van der Waals surface area contributed by atoms with Gasteiger partial charge in [-0.2, -0.15) is 0 Å². The first-order chi connectivity index (χ1) is 13.3. The van der Waals surface area contributed by atoms with Gasteiger partial charge in [0.25, 0.3) is 0 Å². The number of hydrogen-bond donors (Lipinski definition) is 0. The lowest BCUT2D eigenvalue weighted by molar-refractivity contribution is 0.342. The van der Waals surface area contributed by atoms with Crippen molar-refractivity contribution < 1.29 is 18.3 Å². The van der Waals surface area contributed by atoms with E-state index in [4.69, 9.17) is 18.3 Å². The van der Waals surface area contributed by atoms with Gasteiger partial charge in [0.05, 0.1) is 24.0 Å². The van der Waals surface area contributed by atoms with Crippen LogP contribution < -0.4 is 32.0 Å². The molecule has 0 unspecified atom stereocenters. The van der Waals surface area contributed by atoms with E-state index in [2.05, 4.69) is 0 Å². The van der Waals surface area contributed by atoms with E-state index in [9.17, 15) is 19.2 Å². The molecule has 0 saturated carbocycles. The average Bonchev–Trinajstić information content (AvgIpc) is 3.10. The van der Waals surface area contributed by atoms with Gasteiger partial charge in [-0.05, 0) is 38.8 Å². The van der Waals surface area contributed by atoms with E-state index in [0.29, 0.717) is 21.9 Å². The summed E-state index contributed by atoms with van der Waals surface area (Å²) in [5.41, 5.74) is -2.40. The van der Waals surface area contributed by atoms with Crippen LogP contribution in [0.5, 0.6) is 11.5 Å². The monoisotopic (exact) mass is 384 g/mol. The predicted octanol–water partition coefficient (Wildman–Crippen LogP) is 2.06. The minimum atomic E-state index is -0.845. The summed E-state index contributed by atoms with van der Waals surface area (Å²) in [5, 5.41) is 0.996. The number of hydrogen-bond acceptors (Lipinski definition) is 8. The third-order valence-electron chi connectivity index (χ3n) is 4.92. The van der Waals surface area contributed by atoms with Crippen LogP contribution in [-0.4, -0.2) is 13.2 Å². The maximum atomic E-state index is 12.4. The van der Waals surface area contributed by atoms with Crippen molar-refractivity contribution in [1.82, 2.24) is 0 Å². The third kappa shape index (κ3) is 2.11. The number of rotatable bonds is 4. The largest absolute Gasteiger partial charge is 0.492 e. The summed E-state index contributed by atoms with van der Waals surface area (Å²) in [6, 6.07) is 0. The molecule has 2 heterocycles. The van der Waals surface area contributed by atoms with Crippen molar-refractivity contribution in [2.75, 3.05) is 13.2 Å². The van der Waals surface area contributed by atoms with Gasteiger partial charge in [0.15, 0.2) is 0 Å². The highest BCUT2D eigenvalue weighted by Gasteiger charge is 2.29. The first-order valence-corrected chi connectivity index (χ1v) is 8.78. The Bertz CT molecular complexity index is 1370. The molecule has 2 aromatic heterocycles. The number of furan rings is 2. The van der Waals surface area contributed by atoms with Gasteiger partial charge < -0.3 is 18.3 Å². The highest BCUT2D eigenvalue weighted by molar-refractivity contribution is 6.18. The fraction of sp³-hybridized carbons (Fsp3) is 0.300. The van der Waals surface area contributed by atoms with E-state index >= 15 is 0 Å². The summed E-state index contributed by atoms with van der Waals surface area (Å²) in [6.45, 7) is 7.13. The topological polar surface area (TPSA) is 113 Å². The summed E-state index contributed by atoms with van der Waals surface area (Å²) in [5.74, 6) is 0.254. The Morgan fingerprint density at radius 2 is 0.893 bits per heavy atom. The van der Waals surface area contributed by atoms with Gasteiger partial charge in [-0.25, -0.2) is 19.2 Å². The van der Waals surface area contributed by atoms with Gasteiger partial charge >= 0.3 is 22.5 Å². The maximum absolute atomic E-state index is 12.4. The summed E-state index contributed by atoms with van der Waals surface area (Å²) < 4.78 is 21.0. The fourth-order valence-corrected chi connectivity index (χ4v) is 3.89. The van der Waals surface area contributed by atoms with Crippen molar-refractivity contribution >= 4 is 32.3 Å². The molecule has 0 saturated heterocycles. The van der Waals surface area contributed by atoms with Crippen LogP contribution in [0.2, 0.25) is 0 Å². The van der Waals surface area contributed by atoms with Crippen LogP contribution in [0.25, 0.3) is 32.3 Å². The number of aryl methyl sites for hydroxylation is 2. The molecule has 0 spiro atoms. The standard InChI is InChI=1S/C20H16O8/c1-5-25-15-9-7(3)11-12(18(22)27-17(11)21)8(4)10(9)16(26-6-2)14-13(15)19(23)28-20(14)24/h5-6H2,1-4H3. The van der Waals surface area contributed by atoms with Crippen LogP contribution in [0, 0.1) is 13.8 Å². The lowest BCUT2D eigenvalue weighted by atomic mass is 9.92. The van der Waals surface area contributed by atoms with Gasteiger partial charge in [0.1, 0.15) is 22.3 Å². The Morgan fingerprint density at radius 3 is 1.21 bits per heavy atom. The molecule has 0 aliphatic rings. The van der Waals surface area contributed by atoms with E-state index in [1.165, 1.54) is 0 Å². The molecule has 144 valence electrons. The Hall–Kier alpha value is -3.42. The summed E-state index contributed by atoms with van der Waals surface area (Å²) in [7, 11) is 0. The second-order valence-corrected chi connectivity index (χ2v) is 6.38. The molecule has 0 fully saturated rings. The molecule has 0 N–H and O–H groups in total. The molecule has 4 aromatic rings. The van der Waals surface area contributed by atoms with Crippen molar-refractivity contribution in [1.29, 1.82) is 0 Å². The van der Waals surface area contributed by atoms with E-state index in [1.54, 1.807) is 27.7 Å². The average molecular weight is 384 g/mol. The fourth-order valence-electron chi connectivity index (χ4n) is 3.89. The molecule has 8 heteroatoms. The van der Waals surface area contributed by atoms with Crippen molar-refractivity contribution in [3.63, 3.8) is 0 Å². The second-order valence-electron chi connectivity index (χ2n) is 6.38. The molecule has 0 atom stereocenters. The normalized spacial score (nSPS) is 11.7. The Balaban J connectivity index is 2.50. The molecule has 8 nitrogen and oxygen atoms in total. The third-order valence-corrected chi connectivity index (χ3v) is 4.92. The summed E-state index contributed by atoms with van der Waals surface area (Å²) >= 11 is 0. The van der Waals surface area contributed by atoms with Crippen molar-refractivity contribution in [2.24, 2.45) is 0 Å². The van der Waals surface area contributed by atoms with Crippen LogP contribution in [0.3, 0.4) is 0 Å². The molecule has 4 rings (SSSR count). The zero-order valence-corrected chi connectivity index (χ0v) is 15.7. The molecule has 2 aromatic carbocycles. The highest BCUT2D eigenvalue weighted by atomic mass is 16.5. The van der Waals surface area contributed by atoms with Crippen LogP contribution in [-0.2, 0) is 0 Å². The van der Waals surface area contributed by atoms with Crippen LogP contribution in [0.4, 0.5) is 0 Å². The first-order valence-electron chi connectivity index (χ1n) is 8.78. The molecule has 0 bridgehead atoms. The van der Waals surface area contributed by atoms with E-state index < -0.39 is 22.5 Å². The zero-order chi connectivity index (χ0) is 20.3. The molecule has 0 aliphatic carbocycles. The van der Waals surface area contributed by atoms with E-state index in [0.717, 1.165) is 0 Å². The second kappa shape index (κ2) is 6.05. The minimum Gasteiger partial charge on any atom is -0.492 e. The van der Waals surface area contributed by atoms with Gasteiger partial charge in [-0.1, -0.05) is 0 Å². The van der Waals surface area contributed by atoms with Gasteiger partial charge in [-0.3, -0.25) is 0 Å². The van der Waals surface area contributed by atoms with Gasteiger partial charge in [0.2, 0.25) is 0 Å². The first kappa shape index (κ1) is 18.0. The SMILES string of the molecule is CCOc1c2c(C)c3c(=O)oc(=O)c3c(C)c2c(OCC)c2c(=O)oc(=O)c12. The van der Waals surface area contributed by atoms with Crippen molar-refractivity contribution in [3.8, 4) is 11.5 Å². The predicted molar refractivity (Wildman–Crippen MR) is 103 cm³/mol. The van der Waals surface area contributed by atoms with Gasteiger partial charge in [0, 0.05) is 10.8 Å². The van der Waals surface area contributed by atoms with Crippen molar-refractivity contribution in [3.05, 3.63) is 52.8 Å². The number of benzene rings is 2. The van der Waals surface area contributed by atoms with Crippen molar-refractivity contribution in [2.45, 2.75) is 27.7 Å². The van der Waals surface area contributed by atoms with Gasteiger partial charge in [-0.15, -0.1) is 0 Å². The lowest BCUT2D eigenvalue weighted by Crippen LogP contribution is -2.06. The number of fused-ring (bicyclic) bond motifs is 3. The zero-order valence-electron chi connectivity index (χ0n) is 15.7. The van der Waals surface area contributed by atoms with Crippen LogP contribution in [0.15, 0.2) is 28.0 Å². The van der Waals surface area contributed by atoms with Crippen LogP contribution >= 0.6 is 0 Å². The highest BCUT2D eigenvalue weighted by Crippen LogP contribution is 2.45. The molecular weight excluding hydrogens is 368 g/mol. The van der Waals surface area contributed by atoms with Crippen LogP contribution in [0.1, 0.15) is 25.0 Å². The molecule has 0 aliphatic heterocycles. The Kier molecular flexibility index (Phi) is 3.88. The molecule has 0 amide bonds. The molecule has 0 radical (unpaired) electrons.